The lowest BCUT2D eigenvalue weighted by Crippen LogP contribution is -2.43. The number of nitrogens with zero attached hydrogens (tertiary/aromatic N) is 2. The lowest BCUT2D eigenvalue weighted by Gasteiger charge is -2.31. The maximum atomic E-state index is 13.7. The summed E-state index contributed by atoms with van der Waals surface area (Å²) >= 11 is 0. The number of hydrogen-bond acceptors (Lipinski definition) is 7. The Kier molecular flexibility index (Phi) is 10.9. The van der Waals surface area contributed by atoms with Gasteiger partial charge in [0.2, 0.25) is 0 Å². The number of anilines is 1. The minimum absolute atomic E-state index is 0.266. The molecule has 3 aromatic carbocycles. The predicted octanol–water partition coefficient (Wildman–Crippen LogP) is 5.36. The molecule has 1 heterocycles. The van der Waals surface area contributed by atoms with Gasteiger partial charge in [-0.15, -0.1) is 0 Å². The highest BCUT2D eigenvalue weighted by atomic mass is 31.0. The molecule has 9 heteroatoms. The Morgan fingerprint density at radius 2 is 1.65 bits per heavy atom. The van der Waals surface area contributed by atoms with Crippen LogP contribution >= 0.6 is 9.39 Å². The van der Waals surface area contributed by atoms with E-state index in [0.29, 0.717) is 36.0 Å². The molecule has 1 unspecified atom stereocenters. The smallest absolute Gasteiger partial charge is 0.339 e. The number of methoxy groups -OCH3 is 1. The average molecular weight is 564 g/mol. The Balaban J connectivity index is 1.55. The lowest BCUT2D eigenvalue weighted by molar-refractivity contribution is 0.0602. The maximum absolute atomic E-state index is 13.7. The number of ether oxygens (including phenoxy) is 3. The van der Waals surface area contributed by atoms with Gasteiger partial charge in [-0.25, -0.2) is 4.79 Å². The molecule has 3 aromatic rings. The summed E-state index contributed by atoms with van der Waals surface area (Å²) in [6.45, 7) is 7.92. The second-order valence-electron chi connectivity index (χ2n) is 9.66. The molecule has 40 heavy (non-hydrogen) atoms. The summed E-state index contributed by atoms with van der Waals surface area (Å²) in [6, 6.07) is 20.4. The van der Waals surface area contributed by atoms with Crippen molar-refractivity contribution in [3.8, 4) is 22.6 Å². The zero-order valence-electron chi connectivity index (χ0n) is 23.2. The first-order valence-corrected chi connectivity index (χ1v) is 14.2. The summed E-state index contributed by atoms with van der Waals surface area (Å²) in [7, 11) is 4.07. The van der Waals surface area contributed by atoms with E-state index in [2.05, 4.69) is 31.2 Å². The van der Waals surface area contributed by atoms with Crippen molar-refractivity contribution in [2.24, 2.45) is 0 Å². The van der Waals surface area contributed by atoms with E-state index in [4.69, 9.17) is 14.2 Å². The number of piperazine rings is 1. The zero-order chi connectivity index (χ0) is 28.3. The first kappa shape index (κ1) is 29.5. The standard InChI is InChI=1S/C31H38N3O5P/c1-3-4-19-39-29-13-11-25(38-20-18-33-14-16-34(40)17-15-33)22-27(29)30(35)32-28-21-24(23-8-6-5-7-9-23)10-12-26(28)31(36)37-2/h5-13,21-22H,3-4,14-20,40H2,1-2H3,(H,32,35). The van der Waals surface area contributed by atoms with E-state index in [-0.39, 0.29) is 5.56 Å². The van der Waals surface area contributed by atoms with Gasteiger partial charge in [-0.1, -0.05) is 59.1 Å². The predicted molar refractivity (Wildman–Crippen MR) is 161 cm³/mol. The Labute approximate surface area is 238 Å². The van der Waals surface area contributed by atoms with E-state index in [9.17, 15) is 9.59 Å². The lowest BCUT2D eigenvalue weighted by atomic mass is 10.0. The molecule has 1 fully saturated rings. The van der Waals surface area contributed by atoms with Crippen LogP contribution in [-0.2, 0) is 4.74 Å². The summed E-state index contributed by atoms with van der Waals surface area (Å²) in [4.78, 5) is 28.6. The second kappa shape index (κ2) is 14.8. The molecule has 1 aliphatic heterocycles. The van der Waals surface area contributed by atoms with Gasteiger partial charge < -0.3 is 19.5 Å². The van der Waals surface area contributed by atoms with Crippen molar-refractivity contribution in [2.75, 3.05) is 58.4 Å². The van der Waals surface area contributed by atoms with Crippen molar-refractivity contribution in [1.29, 1.82) is 0 Å². The number of unbranched alkanes of at least 4 members (excludes halogenated alkanes) is 1. The number of hydrogen-bond donors (Lipinski definition) is 1. The SMILES string of the molecule is CCCCOc1ccc(OCCN2CCN(P)CC2)cc1C(=O)Nc1cc(-c2ccccc2)ccc1C(=O)OC. The largest absolute Gasteiger partial charge is 0.493 e. The molecule has 1 amide bonds. The molecule has 4 rings (SSSR count). The minimum atomic E-state index is -0.533. The fourth-order valence-corrected chi connectivity index (χ4v) is 4.67. The zero-order valence-corrected chi connectivity index (χ0v) is 24.4. The molecular formula is C31H38N3O5P. The van der Waals surface area contributed by atoms with Gasteiger partial charge in [-0.05, 0) is 47.9 Å². The summed E-state index contributed by atoms with van der Waals surface area (Å²) in [5.41, 5.74) is 2.79. The topological polar surface area (TPSA) is 80.3 Å². The first-order chi connectivity index (χ1) is 19.5. The molecule has 0 saturated carbocycles. The van der Waals surface area contributed by atoms with Crippen molar-refractivity contribution in [2.45, 2.75) is 19.8 Å². The van der Waals surface area contributed by atoms with E-state index >= 15 is 0 Å². The van der Waals surface area contributed by atoms with Crippen molar-refractivity contribution in [3.63, 3.8) is 0 Å². The Morgan fingerprint density at radius 3 is 2.38 bits per heavy atom. The van der Waals surface area contributed by atoms with Gasteiger partial charge in [0.15, 0.2) is 0 Å². The van der Waals surface area contributed by atoms with E-state index in [1.807, 2.05) is 42.5 Å². The molecule has 212 valence electrons. The summed E-state index contributed by atoms with van der Waals surface area (Å²) in [6.07, 6.45) is 1.84. The van der Waals surface area contributed by atoms with Gasteiger partial charge in [0.1, 0.15) is 18.1 Å². The molecule has 0 radical (unpaired) electrons. The van der Waals surface area contributed by atoms with Gasteiger partial charge in [-0.2, -0.15) is 0 Å². The third kappa shape index (κ3) is 8.04. The van der Waals surface area contributed by atoms with E-state index < -0.39 is 11.9 Å². The highest BCUT2D eigenvalue weighted by molar-refractivity contribution is 7.13. The normalized spacial score (nSPS) is 14.0. The van der Waals surface area contributed by atoms with Crippen molar-refractivity contribution in [3.05, 3.63) is 77.9 Å². The summed E-state index contributed by atoms with van der Waals surface area (Å²) < 4.78 is 19.2. The Bertz CT molecular complexity index is 1280. The summed E-state index contributed by atoms with van der Waals surface area (Å²) in [5.74, 6) is 0.121. The molecule has 8 nitrogen and oxygen atoms in total. The number of rotatable bonds is 12. The highest BCUT2D eigenvalue weighted by Crippen LogP contribution is 2.29. The van der Waals surface area contributed by atoms with Crippen molar-refractivity contribution >= 4 is 27.0 Å². The Morgan fingerprint density at radius 1 is 0.875 bits per heavy atom. The van der Waals surface area contributed by atoms with Gasteiger partial charge in [-0.3, -0.25) is 14.4 Å². The third-order valence-corrected chi connectivity index (χ3v) is 7.33. The second-order valence-corrected chi connectivity index (χ2v) is 10.4. The van der Waals surface area contributed by atoms with E-state index in [0.717, 1.165) is 56.7 Å². The van der Waals surface area contributed by atoms with Crippen molar-refractivity contribution < 1.29 is 23.8 Å². The van der Waals surface area contributed by atoms with Crippen LogP contribution in [-0.4, -0.2) is 74.5 Å². The molecule has 0 bridgehead atoms. The van der Waals surface area contributed by atoms with E-state index in [1.54, 1.807) is 24.3 Å². The maximum Gasteiger partial charge on any atom is 0.339 e. The molecule has 0 aromatic heterocycles. The number of benzene rings is 3. The van der Waals surface area contributed by atoms with Crippen LogP contribution in [0, 0.1) is 0 Å². The number of carbonyl (C=O) groups excluding carboxylic acids is 2. The number of nitrogens with one attached hydrogen (secondary N) is 1. The highest BCUT2D eigenvalue weighted by Gasteiger charge is 2.20. The van der Waals surface area contributed by atoms with Crippen LogP contribution in [0.15, 0.2) is 66.7 Å². The third-order valence-electron chi connectivity index (χ3n) is 6.81. The van der Waals surface area contributed by atoms with Gasteiger partial charge in [0.05, 0.1) is 30.5 Å². The molecular weight excluding hydrogens is 525 g/mol. The van der Waals surface area contributed by atoms with Crippen molar-refractivity contribution in [1.82, 2.24) is 9.57 Å². The fraction of sp³-hybridized carbons (Fsp3) is 0.355. The summed E-state index contributed by atoms with van der Waals surface area (Å²) in [5, 5.41) is 2.93. The molecule has 1 aliphatic rings. The van der Waals surface area contributed by atoms with Gasteiger partial charge in [0.25, 0.3) is 5.91 Å². The first-order valence-electron chi connectivity index (χ1n) is 13.7. The average Bonchev–Trinajstić information content (AvgIpc) is 2.99. The van der Waals surface area contributed by atoms with Crippen LogP contribution in [0.2, 0.25) is 0 Å². The fourth-order valence-electron chi connectivity index (χ4n) is 4.44. The quantitative estimate of drug-likeness (QED) is 0.181. The van der Waals surface area contributed by atoms with Gasteiger partial charge in [0, 0.05) is 32.7 Å². The monoisotopic (exact) mass is 563 g/mol. The van der Waals surface area contributed by atoms with Crippen LogP contribution in [0.4, 0.5) is 5.69 Å². The molecule has 1 atom stereocenters. The molecule has 1 saturated heterocycles. The van der Waals surface area contributed by atoms with Crippen LogP contribution in [0.3, 0.4) is 0 Å². The van der Waals surface area contributed by atoms with E-state index in [1.165, 1.54) is 7.11 Å². The molecule has 1 N–H and O–H groups in total. The van der Waals surface area contributed by atoms with Crippen LogP contribution in [0.1, 0.15) is 40.5 Å². The number of esters is 1. The molecule has 0 spiro atoms. The van der Waals surface area contributed by atoms with Crippen LogP contribution in [0.5, 0.6) is 11.5 Å². The van der Waals surface area contributed by atoms with Crippen LogP contribution < -0.4 is 14.8 Å². The molecule has 0 aliphatic carbocycles. The van der Waals surface area contributed by atoms with Crippen LogP contribution in [0.25, 0.3) is 11.1 Å². The number of amides is 1. The number of carbonyl (C=O) groups is 2. The van der Waals surface area contributed by atoms with Gasteiger partial charge >= 0.3 is 5.97 Å². The minimum Gasteiger partial charge on any atom is -0.493 e. The Hall–Kier alpha value is -3.45.